The lowest BCUT2D eigenvalue weighted by Gasteiger charge is -2.26. The van der Waals surface area contributed by atoms with E-state index in [1.165, 1.54) is 30.2 Å². The van der Waals surface area contributed by atoms with Gasteiger partial charge in [-0.15, -0.1) is 0 Å². The molecular weight excluding hydrogens is 639 g/mol. The summed E-state index contributed by atoms with van der Waals surface area (Å²) in [5.74, 6) is -1.45. The van der Waals surface area contributed by atoms with Crippen LogP contribution >= 0.6 is 24.0 Å². The Morgan fingerprint density at radius 1 is 0.978 bits per heavy atom. The van der Waals surface area contributed by atoms with Gasteiger partial charge < -0.3 is 24.1 Å². The van der Waals surface area contributed by atoms with Gasteiger partial charge in [-0.2, -0.15) is 0 Å². The fourth-order valence-corrected chi connectivity index (χ4v) is 6.26. The Morgan fingerprint density at radius 3 is 2.50 bits per heavy atom. The van der Waals surface area contributed by atoms with E-state index in [4.69, 9.17) is 31.2 Å². The Hall–Kier alpha value is -4.04. The van der Waals surface area contributed by atoms with Crippen LogP contribution in [0, 0.1) is 11.6 Å². The molecule has 2 heterocycles. The summed E-state index contributed by atoms with van der Waals surface area (Å²) in [6.45, 7) is 4.47. The summed E-state index contributed by atoms with van der Waals surface area (Å²) in [6.07, 6.45) is 2.12. The zero-order valence-corrected chi connectivity index (χ0v) is 26.6. The minimum Gasteiger partial charge on any atom is -0.493 e. The second-order valence-corrected chi connectivity index (χ2v) is 12.1. The normalized spacial score (nSPS) is 16.2. The van der Waals surface area contributed by atoms with Crippen molar-refractivity contribution in [3.63, 3.8) is 0 Å². The highest BCUT2D eigenvalue weighted by Gasteiger charge is 2.31. The predicted octanol–water partition coefficient (Wildman–Crippen LogP) is 5.72. The Bertz CT molecular complexity index is 1650. The maximum Gasteiger partial charge on any atom is 0.335 e. The molecule has 0 aromatic heterocycles. The second-order valence-electron chi connectivity index (χ2n) is 10.4. The number of methoxy groups -OCH3 is 1. The molecular formula is C33H32F2N2O7S2. The van der Waals surface area contributed by atoms with Gasteiger partial charge in [-0.05, 0) is 66.6 Å². The highest BCUT2D eigenvalue weighted by atomic mass is 32.2. The molecule has 0 atom stereocenters. The van der Waals surface area contributed by atoms with Gasteiger partial charge in [0.25, 0.3) is 5.91 Å². The quantitative estimate of drug-likeness (QED) is 0.138. The number of carbonyl (C=O) groups excluding carboxylic acids is 1. The van der Waals surface area contributed by atoms with E-state index in [1.54, 1.807) is 24.3 Å². The molecule has 0 unspecified atom stereocenters. The molecule has 0 aliphatic carbocycles. The summed E-state index contributed by atoms with van der Waals surface area (Å²) < 4.78 is 51.9. The summed E-state index contributed by atoms with van der Waals surface area (Å²) >= 11 is 6.63. The standard InChI is InChI=1S/C33H32F2N2O7S2/c1-41-29-19-22(32(39)40)4-8-28(29)43-13-2-9-37-31(38)30(46-33(37)45)18-21-3-7-27(44-16-12-36-10-14-42-15-11-36)25(17-21)24-20-23(34)5-6-26(24)35/h3-8,17-20H,2,9-16H2,1H3,(H,39,40)/b30-18-. The number of hydrogen-bond acceptors (Lipinski definition) is 9. The number of carboxylic acids is 1. The van der Waals surface area contributed by atoms with E-state index in [2.05, 4.69) is 4.90 Å². The summed E-state index contributed by atoms with van der Waals surface area (Å²) in [4.78, 5) is 28.6. The smallest absolute Gasteiger partial charge is 0.335 e. The Morgan fingerprint density at radius 2 is 1.74 bits per heavy atom. The van der Waals surface area contributed by atoms with E-state index in [1.807, 2.05) is 0 Å². The van der Waals surface area contributed by atoms with Crippen molar-refractivity contribution in [2.24, 2.45) is 0 Å². The third-order valence-corrected chi connectivity index (χ3v) is 8.73. The highest BCUT2D eigenvalue weighted by molar-refractivity contribution is 8.26. The van der Waals surface area contributed by atoms with Crippen molar-refractivity contribution in [3.05, 3.63) is 82.3 Å². The lowest BCUT2D eigenvalue weighted by molar-refractivity contribution is -0.122. The van der Waals surface area contributed by atoms with Gasteiger partial charge in [-0.25, -0.2) is 13.6 Å². The lowest BCUT2D eigenvalue weighted by atomic mass is 10.0. The molecule has 2 fully saturated rings. The van der Waals surface area contributed by atoms with Crippen LogP contribution in [0.1, 0.15) is 22.3 Å². The molecule has 2 saturated heterocycles. The van der Waals surface area contributed by atoms with Crippen LogP contribution in [0.4, 0.5) is 8.78 Å². The van der Waals surface area contributed by atoms with E-state index < -0.39 is 17.6 Å². The van der Waals surface area contributed by atoms with Crippen molar-refractivity contribution in [3.8, 4) is 28.4 Å². The second kappa shape index (κ2) is 15.5. The number of rotatable bonds is 13. The molecule has 5 rings (SSSR count). The van der Waals surface area contributed by atoms with Gasteiger partial charge in [0.1, 0.15) is 28.3 Å². The molecule has 3 aromatic rings. The first-order chi connectivity index (χ1) is 22.2. The molecule has 0 saturated carbocycles. The maximum atomic E-state index is 14.9. The zero-order chi connectivity index (χ0) is 32.6. The van der Waals surface area contributed by atoms with Crippen LogP contribution in [0.5, 0.6) is 17.2 Å². The molecule has 2 aliphatic rings. The van der Waals surface area contributed by atoms with Crippen LogP contribution in [-0.4, -0.2) is 90.8 Å². The number of morpholine rings is 1. The number of ether oxygens (including phenoxy) is 4. The fraction of sp³-hybridized carbons (Fsp3) is 0.303. The molecule has 0 bridgehead atoms. The first kappa shape index (κ1) is 33.3. The molecule has 242 valence electrons. The van der Waals surface area contributed by atoms with E-state index in [0.29, 0.717) is 76.9 Å². The maximum absolute atomic E-state index is 14.9. The van der Waals surface area contributed by atoms with Gasteiger partial charge in [0.15, 0.2) is 11.5 Å². The average molecular weight is 671 g/mol. The predicted molar refractivity (Wildman–Crippen MR) is 174 cm³/mol. The molecule has 0 radical (unpaired) electrons. The SMILES string of the molecule is COc1cc(C(=O)O)ccc1OCCCN1C(=O)/C(=C/c2ccc(OCCN3CCOCC3)c(-c3cc(F)ccc3F)c2)SC1=S. The summed E-state index contributed by atoms with van der Waals surface area (Å²) in [7, 11) is 1.42. The third kappa shape index (κ3) is 8.21. The number of nitrogens with zero attached hydrogens (tertiary/aromatic N) is 2. The number of carboxylic acid groups (broad SMARTS) is 1. The van der Waals surface area contributed by atoms with E-state index >= 15 is 0 Å². The van der Waals surface area contributed by atoms with Gasteiger partial charge in [0.2, 0.25) is 0 Å². The van der Waals surface area contributed by atoms with Crippen LogP contribution in [0.15, 0.2) is 59.5 Å². The van der Waals surface area contributed by atoms with Gasteiger partial charge in [0, 0.05) is 37.3 Å². The number of amides is 1. The Balaban J connectivity index is 1.26. The van der Waals surface area contributed by atoms with Crippen molar-refractivity contribution < 1.29 is 42.4 Å². The molecule has 1 amide bonds. The summed E-state index contributed by atoms with van der Waals surface area (Å²) in [5, 5.41) is 9.18. The molecule has 9 nitrogen and oxygen atoms in total. The van der Waals surface area contributed by atoms with Crippen molar-refractivity contribution >= 4 is 46.3 Å². The minimum absolute atomic E-state index is 0.0541. The Labute approximate surface area is 274 Å². The lowest BCUT2D eigenvalue weighted by Crippen LogP contribution is -2.38. The largest absolute Gasteiger partial charge is 0.493 e. The van der Waals surface area contributed by atoms with Crippen LogP contribution in [0.3, 0.4) is 0 Å². The monoisotopic (exact) mass is 670 g/mol. The zero-order valence-electron chi connectivity index (χ0n) is 25.0. The number of thioether (sulfide) groups is 1. The average Bonchev–Trinajstić information content (AvgIpc) is 3.32. The van der Waals surface area contributed by atoms with Crippen LogP contribution in [-0.2, 0) is 9.53 Å². The number of benzene rings is 3. The number of carbonyl (C=O) groups is 2. The molecule has 2 aliphatic heterocycles. The number of aromatic carboxylic acids is 1. The molecule has 13 heteroatoms. The van der Waals surface area contributed by atoms with E-state index in [9.17, 15) is 23.5 Å². The molecule has 1 N–H and O–H groups in total. The Kier molecular flexibility index (Phi) is 11.2. The van der Waals surface area contributed by atoms with Crippen LogP contribution < -0.4 is 14.2 Å². The fourth-order valence-electron chi connectivity index (χ4n) is 4.96. The van der Waals surface area contributed by atoms with Crippen LogP contribution in [0.25, 0.3) is 17.2 Å². The first-order valence-electron chi connectivity index (χ1n) is 14.6. The number of thiocarbonyl (C=S) groups is 1. The molecule has 46 heavy (non-hydrogen) atoms. The number of halogens is 2. The third-order valence-electron chi connectivity index (χ3n) is 7.36. The van der Waals surface area contributed by atoms with Gasteiger partial charge in [-0.3, -0.25) is 14.6 Å². The van der Waals surface area contributed by atoms with Crippen molar-refractivity contribution in [1.82, 2.24) is 9.80 Å². The van der Waals surface area contributed by atoms with Crippen LogP contribution in [0.2, 0.25) is 0 Å². The first-order valence-corrected chi connectivity index (χ1v) is 15.8. The minimum atomic E-state index is -1.08. The van der Waals surface area contributed by atoms with Gasteiger partial charge in [0.05, 0.1) is 37.4 Å². The van der Waals surface area contributed by atoms with Crippen molar-refractivity contribution in [2.45, 2.75) is 6.42 Å². The summed E-state index contributed by atoms with van der Waals surface area (Å²) in [5.41, 5.74) is 1.10. The van der Waals surface area contributed by atoms with Gasteiger partial charge in [-0.1, -0.05) is 30.0 Å². The van der Waals surface area contributed by atoms with E-state index in [0.717, 1.165) is 43.1 Å². The van der Waals surface area contributed by atoms with Crippen molar-refractivity contribution in [1.29, 1.82) is 0 Å². The molecule has 0 spiro atoms. The van der Waals surface area contributed by atoms with Gasteiger partial charge >= 0.3 is 5.97 Å². The van der Waals surface area contributed by atoms with E-state index in [-0.39, 0.29) is 23.6 Å². The highest BCUT2D eigenvalue weighted by Crippen LogP contribution is 2.37. The molecule has 3 aromatic carbocycles. The number of hydrogen-bond donors (Lipinski definition) is 1. The summed E-state index contributed by atoms with van der Waals surface area (Å²) in [6, 6.07) is 12.7. The van der Waals surface area contributed by atoms with Crippen molar-refractivity contribution in [2.75, 3.05) is 59.7 Å². The topological polar surface area (TPSA) is 97.8 Å².